The van der Waals surface area contributed by atoms with E-state index in [2.05, 4.69) is 6.58 Å². The van der Waals surface area contributed by atoms with Crippen molar-refractivity contribution in [3.05, 3.63) is 66.3 Å². The van der Waals surface area contributed by atoms with Crippen molar-refractivity contribution in [2.45, 2.75) is 55.1 Å². The summed E-state index contributed by atoms with van der Waals surface area (Å²) in [4.78, 5) is 12.1. The lowest BCUT2D eigenvalue weighted by atomic mass is 9.99. The second kappa shape index (κ2) is 14.4. The number of carbonyl (C=O) groups is 1. The molecule has 14 heteroatoms. The average Bonchev–Trinajstić information content (AvgIpc) is 3.30. The van der Waals surface area contributed by atoms with Crippen LogP contribution in [0, 0.1) is 0 Å². The van der Waals surface area contributed by atoms with Gasteiger partial charge in [-0.2, -0.15) is 0 Å². The van der Waals surface area contributed by atoms with E-state index in [1.54, 1.807) is 24.3 Å². The summed E-state index contributed by atoms with van der Waals surface area (Å²) >= 11 is 0. The molecule has 8 atom stereocenters. The Morgan fingerprint density at radius 3 is 2.50 bits per heavy atom. The van der Waals surface area contributed by atoms with Gasteiger partial charge in [-0.1, -0.05) is 18.2 Å². The number of aromatic hydroxyl groups is 2. The van der Waals surface area contributed by atoms with Crippen LogP contribution in [-0.2, 0) is 30.2 Å². The molecule has 44 heavy (non-hydrogen) atoms. The second-order valence-electron chi connectivity index (χ2n) is 10.4. The first-order valence-electron chi connectivity index (χ1n) is 13.6. The highest BCUT2D eigenvalue weighted by Gasteiger charge is 2.51. The van der Waals surface area contributed by atoms with Crippen molar-refractivity contribution in [3.63, 3.8) is 0 Å². The molecular weight excluding hydrogens is 584 g/mol. The summed E-state index contributed by atoms with van der Waals surface area (Å²) in [6.07, 6.45) is -6.10. The Labute approximate surface area is 252 Å². The molecule has 2 saturated heterocycles. The molecule has 0 aromatic heterocycles. The molecule has 2 aliphatic heterocycles. The molecule has 4 rings (SSSR count). The van der Waals surface area contributed by atoms with E-state index in [1.165, 1.54) is 31.4 Å². The van der Waals surface area contributed by atoms with Gasteiger partial charge in [0.25, 0.3) is 0 Å². The Hall–Kier alpha value is -3.73. The first kappa shape index (κ1) is 33.2. The molecule has 2 heterocycles. The largest absolute Gasteiger partial charge is 0.504 e. The number of ether oxygens (including phenoxy) is 6. The van der Waals surface area contributed by atoms with E-state index in [0.717, 1.165) is 11.6 Å². The molecule has 0 aliphatic carbocycles. The fourth-order valence-corrected chi connectivity index (χ4v) is 4.54. The van der Waals surface area contributed by atoms with Crippen molar-refractivity contribution in [2.75, 3.05) is 26.9 Å². The fourth-order valence-electron chi connectivity index (χ4n) is 4.54. The predicted molar refractivity (Wildman–Crippen MR) is 151 cm³/mol. The van der Waals surface area contributed by atoms with E-state index < -0.39 is 74.5 Å². The Kier molecular flexibility index (Phi) is 10.8. The van der Waals surface area contributed by atoms with Crippen LogP contribution in [0.4, 0.5) is 0 Å². The van der Waals surface area contributed by atoms with Crippen LogP contribution in [0.3, 0.4) is 0 Å². The monoisotopic (exact) mass is 620 g/mol. The standard InChI is InChI=1S/C30H36O14/c1-3-4-16-6-9-20(21(12-16)39-2)43-28-26(36)25(35)24(34)22(44-28)13-40-29-27(37)30(38,15-42-29)14-41-23(33)10-7-17-5-8-18(31)19(32)11-17/h3,5-12,22,24-29,31-32,34-38H,1,4,13-15H2,2H3/b10-7+/t22-,24-,25+,26-,27+,28-,29-,30-/m1/s1. The quantitative estimate of drug-likeness (QED) is 0.0705. The minimum Gasteiger partial charge on any atom is -0.504 e. The number of hydrogen-bond acceptors (Lipinski definition) is 14. The zero-order valence-electron chi connectivity index (χ0n) is 23.8. The number of allylic oxidation sites excluding steroid dienone is 1. The molecule has 7 N–H and O–H groups in total. The summed E-state index contributed by atoms with van der Waals surface area (Å²) < 4.78 is 32.7. The Morgan fingerprint density at radius 2 is 1.80 bits per heavy atom. The molecule has 240 valence electrons. The molecule has 0 saturated carbocycles. The van der Waals surface area contributed by atoms with E-state index in [9.17, 15) is 40.5 Å². The van der Waals surface area contributed by atoms with E-state index in [0.29, 0.717) is 17.7 Å². The maximum absolute atomic E-state index is 12.1. The number of aliphatic hydroxyl groups excluding tert-OH is 4. The number of esters is 1. The first-order valence-corrected chi connectivity index (χ1v) is 13.6. The first-order chi connectivity index (χ1) is 20.9. The van der Waals surface area contributed by atoms with Crippen LogP contribution < -0.4 is 9.47 Å². The molecule has 2 aromatic rings. The Morgan fingerprint density at radius 1 is 1.02 bits per heavy atom. The third-order valence-corrected chi connectivity index (χ3v) is 7.13. The fraction of sp³-hybridized carbons (Fsp3) is 0.433. The van der Waals surface area contributed by atoms with Crippen LogP contribution >= 0.6 is 0 Å². The normalized spacial score (nSPS) is 30.3. The van der Waals surface area contributed by atoms with E-state index in [-0.39, 0.29) is 17.2 Å². The van der Waals surface area contributed by atoms with Crippen molar-refractivity contribution in [2.24, 2.45) is 0 Å². The molecular formula is C30H36O14. The number of benzene rings is 2. The maximum Gasteiger partial charge on any atom is 0.330 e. The third-order valence-electron chi connectivity index (χ3n) is 7.13. The van der Waals surface area contributed by atoms with Crippen LogP contribution in [0.2, 0.25) is 0 Å². The summed E-state index contributed by atoms with van der Waals surface area (Å²) in [5.41, 5.74) is -0.744. The van der Waals surface area contributed by atoms with E-state index >= 15 is 0 Å². The molecule has 2 aliphatic rings. The van der Waals surface area contributed by atoms with Gasteiger partial charge < -0.3 is 64.2 Å². The van der Waals surface area contributed by atoms with Gasteiger partial charge in [0.1, 0.15) is 37.1 Å². The highest BCUT2D eigenvalue weighted by atomic mass is 16.7. The van der Waals surface area contributed by atoms with E-state index in [4.69, 9.17) is 28.4 Å². The summed E-state index contributed by atoms with van der Waals surface area (Å²) in [6.45, 7) is 2.11. The molecule has 2 aromatic carbocycles. The lowest BCUT2D eigenvalue weighted by molar-refractivity contribution is -0.289. The van der Waals surface area contributed by atoms with Gasteiger partial charge in [-0.3, -0.25) is 0 Å². The topological polar surface area (TPSA) is 214 Å². The third kappa shape index (κ3) is 7.67. The summed E-state index contributed by atoms with van der Waals surface area (Å²) in [5, 5.41) is 71.8. The smallest absolute Gasteiger partial charge is 0.330 e. The number of rotatable bonds is 12. The number of phenols is 2. The number of carbonyl (C=O) groups excluding carboxylic acids is 1. The Bertz CT molecular complexity index is 1330. The van der Waals surface area contributed by atoms with E-state index in [1.807, 2.05) is 0 Å². The van der Waals surface area contributed by atoms with Crippen LogP contribution in [-0.4, -0.2) is 117 Å². The van der Waals surface area contributed by atoms with Crippen LogP contribution in [0.15, 0.2) is 55.1 Å². The van der Waals surface area contributed by atoms with Gasteiger partial charge in [0, 0.05) is 6.08 Å². The highest BCUT2D eigenvalue weighted by Crippen LogP contribution is 2.33. The lowest BCUT2D eigenvalue weighted by Crippen LogP contribution is -2.60. The molecule has 0 amide bonds. The van der Waals surface area contributed by atoms with Crippen molar-refractivity contribution in [1.29, 1.82) is 0 Å². The van der Waals surface area contributed by atoms with Gasteiger partial charge in [0.2, 0.25) is 6.29 Å². The summed E-state index contributed by atoms with van der Waals surface area (Å²) in [7, 11) is 1.43. The van der Waals surface area contributed by atoms with Gasteiger partial charge in [-0.05, 0) is 47.9 Å². The van der Waals surface area contributed by atoms with Gasteiger partial charge in [0.15, 0.2) is 34.9 Å². The molecule has 0 radical (unpaired) electrons. The van der Waals surface area contributed by atoms with Crippen LogP contribution in [0.5, 0.6) is 23.0 Å². The van der Waals surface area contributed by atoms with Crippen molar-refractivity contribution >= 4 is 12.0 Å². The van der Waals surface area contributed by atoms with Gasteiger partial charge >= 0.3 is 5.97 Å². The highest BCUT2D eigenvalue weighted by molar-refractivity contribution is 5.87. The molecule has 0 bridgehead atoms. The number of methoxy groups -OCH3 is 1. The SMILES string of the molecule is C=CCc1ccc(O[C@@H]2O[C@H](CO[C@@H]3OC[C@](O)(COC(=O)/C=C/c4ccc(O)c(O)c4)[C@H]3O)[C@@H](O)[C@H](O)[C@H]2O)c(OC)c1. The minimum absolute atomic E-state index is 0.206. The van der Waals surface area contributed by atoms with Crippen molar-refractivity contribution < 1.29 is 69.0 Å². The zero-order valence-corrected chi connectivity index (χ0v) is 23.8. The van der Waals surface area contributed by atoms with Crippen molar-refractivity contribution in [1.82, 2.24) is 0 Å². The zero-order chi connectivity index (χ0) is 32.0. The molecule has 0 spiro atoms. The predicted octanol–water partition coefficient (Wildman–Crippen LogP) is -0.257. The number of phenolic OH excluding ortho intramolecular Hbond substituents is 2. The van der Waals surface area contributed by atoms with Crippen LogP contribution in [0.1, 0.15) is 11.1 Å². The molecule has 2 fully saturated rings. The number of hydrogen-bond donors (Lipinski definition) is 7. The van der Waals surface area contributed by atoms with Crippen LogP contribution in [0.25, 0.3) is 6.08 Å². The van der Waals surface area contributed by atoms with Gasteiger partial charge in [0.05, 0.1) is 20.3 Å². The minimum atomic E-state index is -2.04. The molecule has 0 unspecified atom stereocenters. The lowest BCUT2D eigenvalue weighted by Gasteiger charge is -2.40. The summed E-state index contributed by atoms with van der Waals surface area (Å²) in [5.74, 6) is -1.02. The maximum atomic E-state index is 12.1. The van der Waals surface area contributed by atoms with Gasteiger partial charge in [-0.15, -0.1) is 6.58 Å². The van der Waals surface area contributed by atoms with Gasteiger partial charge in [-0.25, -0.2) is 4.79 Å². The molecule has 14 nitrogen and oxygen atoms in total. The number of aliphatic hydroxyl groups is 5. The average molecular weight is 621 g/mol. The second-order valence-corrected chi connectivity index (χ2v) is 10.4. The Balaban J connectivity index is 1.31. The van der Waals surface area contributed by atoms with Crippen molar-refractivity contribution in [3.8, 4) is 23.0 Å². The summed E-state index contributed by atoms with van der Waals surface area (Å²) in [6, 6.07) is 8.98.